The number of carbonyl (C=O) groups is 2. The van der Waals surface area contributed by atoms with Crippen LogP contribution in [0.3, 0.4) is 0 Å². The summed E-state index contributed by atoms with van der Waals surface area (Å²) in [6, 6.07) is 0. The zero-order valence-corrected chi connectivity index (χ0v) is 11.2. The van der Waals surface area contributed by atoms with Crippen molar-refractivity contribution in [3.63, 3.8) is 0 Å². The lowest BCUT2D eigenvalue weighted by Gasteiger charge is -2.32. The summed E-state index contributed by atoms with van der Waals surface area (Å²) in [5.74, 6) is -1.19. The van der Waals surface area contributed by atoms with E-state index in [1.165, 1.54) is 4.90 Å². The molecule has 3 N–H and O–H groups in total. The maximum absolute atomic E-state index is 11.6. The molecule has 0 unspecified atom stereocenters. The first-order valence-corrected chi connectivity index (χ1v) is 7.81. The predicted molar refractivity (Wildman–Crippen MR) is 66.2 cm³/mol. The summed E-state index contributed by atoms with van der Waals surface area (Å²) in [7, 11) is -3.69. The third kappa shape index (κ3) is 4.80. The molecule has 1 saturated heterocycles. The predicted octanol–water partition coefficient (Wildman–Crippen LogP) is -1.85. The van der Waals surface area contributed by atoms with Gasteiger partial charge in [-0.05, 0) is 0 Å². The number of nitrogens with zero attached hydrogens (tertiary/aromatic N) is 2. The van der Waals surface area contributed by atoms with Gasteiger partial charge in [-0.1, -0.05) is 0 Å². The fourth-order valence-corrected chi connectivity index (χ4v) is 2.82. The molecule has 1 aliphatic rings. The molecule has 0 saturated carbocycles. The van der Waals surface area contributed by atoms with Crippen molar-refractivity contribution < 1.29 is 23.1 Å². The molecule has 0 aromatic heterocycles. The van der Waals surface area contributed by atoms with Gasteiger partial charge in [0.15, 0.2) is 0 Å². The van der Waals surface area contributed by atoms with E-state index in [0.29, 0.717) is 0 Å². The summed E-state index contributed by atoms with van der Waals surface area (Å²) in [6.45, 7) is 0.911. The smallest absolute Gasteiger partial charge is 0.313 e. The van der Waals surface area contributed by atoms with Gasteiger partial charge in [0.1, 0.15) is 0 Å². The minimum Gasteiger partial charge on any atom is -0.481 e. The van der Waals surface area contributed by atoms with E-state index in [1.54, 1.807) is 0 Å². The fraction of sp³-hybridized carbons (Fsp3) is 0.750. The minimum atomic E-state index is -3.69. The van der Waals surface area contributed by atoms with Crippen LogP contribution in [0, 0.1) is 0 Å². The van der Waals surface area contributed by atoms with Gasteiger partial charge in [0.2, 0.25) is 5.91 Å². The average molecular weight is 297 g/mol. The van der Waals surface area contributed by atoms with Gasteiger partial charge in [-0.15, -0.1) is 11.8 Å². The van der Waals surface area contributed by atoms with Gasteiger partial charge >= 0.3 is 5.97 Å². The van der Waals surface area contributed by atoms with Gasteiger partial charge in [-0.3, -0.25) is 9.59 Å². The van der Waals surface area contributed by atoms with Crippen molar-refractivity contribution >= 4 is 33.8 Å². The van der Waals surface area contributed by atoms with E-state index in [1.807, 2.05) is 0 Å². The number of carbonyl (C=O) groups excluding carboxylic acids is 1. The Bertz CT molecular complexity index is 416. The number of aliphatic carboxylic acids is 1. The van der Waals surface area contributed by atoms with E-state index in [0.717, 1.165) is 16.1 Å². The number of nitrogens with two attached hydrogens (primary N) is 1. The van der Waals surface area contributed by atoms with E-state index in [9.17, 15) is 18.0 Å². The van der Waals surface area contributed by atoms with E-state index < -0.39 is 16.2 Å². The lowest BCUT2D eigenvalue weighted by atomic mass is 10.3. The number of amides is 1. The first kappa shape index (κ1) is 15.2. The summed E-state index contributed by atoms with van der Waals surface area (Å²) < 4.78 is 23.2. The first-order chi connectivity index (χ1) is 8.30. The topological polar surface area (TPSA) is 121 Å². The molecule has 0 atom stereocenters. The Morgan fingerprint density at radius 3 is 2.17 bits per heavy atom. The Balaban J connectivity index is 2.34. The Hall–Kier alpha value is -0.840. The Morgan fingerprint density at radius 2 is 1.72 bits per heavy atom. The monoisotopic (exact) mass is 297 g/mol. The molecular weight excluding hydrogens is 282 g/mol. The molecule has 0 spiro atoms. The lowest BCUT2D eigenvalue weighted by molar-refractivity contribution is -0.133. The van der Waals surface area contributed by atoms with Crippen LogP contribution in [0.1, 0.15) is 0 Å². The molecule has 1 heterocycles. The Kier molecular flexibility index (Phi) is 5.38. The molecule has 0 radical (unpaired) electrons. The van der Waals surface area contributed by atoms with Gasteiger partial charge in [-0.25, -0.2) is 5.14 Å². The van der Waals surface area contributed by atoms with Crippen LogP contribution < -0.4 is 5.14 Å². The van der Waals surface area contributed by atoms with Gasteiger partial charge in [0.05, 0.1) is 11.5 Å². The van der Waals surface area contributed by atoms with E-state index in [2.05, 4.69) is 0 Å². The van der Waals surface area contributed by atoms with Crippen LogP contribution in [0.25, 0.3) is 0 Å². The molecule has 1 aliphatic heterocycles. The second kappa shape index (κ2) is 6.36. The van der Waals surface area contributed by atoms with Gasteiger partial charge in [0.25, 0.3) is 10.2 Å². The van der Waals surface area contributed by atoms with Crippen LogP contribution in [0.15, 0.2) is 0 Å². The number of carboxylic acids is 1. The number of hydrogen-bond acceptors (Lipinski definition) is 5. The van der Waals surface area contributed by atoms with Crippen LogP contribution in [0.4, 0.5) is 0 Å². The number of rotatable bonds is 5. The number of hydrogen-bond donors (Lipinski definition) is 2. The van der Waals surface area contributed by atoms with Gasteiger partial charge in [0, 0.05) is 26.2 Å². The highest BCUT2D eigenvalue weighted by Crippen LogP contribution is 2.08. The molecule has 18 heavy (non-hydrogen) atoms. The maximum Gasteiger partial charge on any atom is 0.313 e. The number of thioether (sulfide) groups is 1. The van der Waals surface area contributed by atoms with E-state index in [-0.39, 0.29) is 43.6 Å². The van der Waals surface area contributed by atoms with Crippen LogP contribution in [0.5, 0.6) is 0 Å². The fourth-order valence-electron chi connectivity index (χ4n) is 1.51. The first-order valence-electron chi connectivity index (χ1n) is 5.16. The molecule has 10 heteroatoms. The molecular formula is C8H15N3O5S2. The molecule has 0 bridgehead atoms. The molecule has 104 valence electrons. The van der Waals surface area contributed by atoms with Crippen LogP contribution in [0.2, 0.25) is 0 Å². The van der Waals surface area contributed by atoms with E-state index in [4.69, 9.17) is 10.2 Å². The van der Waals surface area contributed by atoms with Gasteiger partial charge in [-0.2, -0.15) is 12.7 Å². The SMILES string of the molecule is NS(=O)(=O)N1CCN(C(=O)CSCC(=O)O)CC1. The second-order valence-electron chi connectivity index (χ2n) is 3.71. The molecule has 1 fully saturated rings. The summed E-state index contributed by atoms with van der Waals surface area (Å²) >= 11 is 1.02. The average Bonchev–Trinajstić information content (AvgIpc) is 2.27. The number of piperazine rings is 1. The Labute approximate surface area is 109 Å². The molecule has 1 amide bonds. The molecule has 0 aromatic rings. The van der Waals surface area contributed by atoms with Crippen molar-refractivity contribution in [3.05, 3.63) is 0 Å². The summed E-state index contributed by atoms with van der Waals surface area (Å²) in [5.41, 5.74) is 0. The van der Waals surface area contributed by atoms with Crippen molar-refractivity contribution in [1.82, 2.24) is 9.21 Å². The van der Waals surface area contributed by atoms with Crippen LogP contribution in [-0.4, -0.2) is 72.3 Å². The summed E-state index contributed by atoms with van der Waals surface area (Å²) in [6.07, 6.45) is 0. The van der Waals surface area contributed by atoms with Crippen molar-refractivity contribution in [1.29, 1.82) is 0 Å². The van der Waals surface area contributed by atoms with Crippen molar-refractivity contribution in [2.75, 3.05) is 37.7 Å². The van der Waals surface area contributed by atoms with Crippen LogP contribution >= 0.6 is 11.8 Å². The van der Waals surface area contributed by atoms with Gasteiger partial charge < -0.3 is 10.0 Å². The lowest BCUT2D eigenvalue weighted by Crippen LogP contribution is -2.52. The molecule has 0 aromatic carbocycles. The molecule has 0 aliphatic carbocycles. The highest BCUT2D eigenvalue weighted by molar-refractivity contribution is 8.00. The summed E-state index contributed by atoms with van der Waals surface area (Å²) in [4.78, 5) is 23.4. The normalized spacial score (nSPS) is 17.7. The number of carboxylic acid groups (broad SMARTS) is 1. The maximum atomic E-state index is 11.6. The van der Waals surface area contributed by atoms with Crippen molar-refractivity contribution in [3.8, 4) is 0 Å². The van der Waals surface area contributed by atoms with Crippen molar-refractivity contribution in [2.24, 2.45) is 5.14 Å². The largest absolute Gasteiger partial charge is 0.481 e. The standard InChI is InChI=1S/C8H15N3O5S2/c9-18(15,16)11-3-1-10(2-4-11)7(12)5-17-6-8(13)14/h1-6H2,(H,13,14)(H2,9,15,16). The molecule has 8 nitrogen and oxygen atoms in total. The quantitative estimate of drug-likeness (QED) is 0.614. The Morgan fingerprint density at radius 1 is 1.17 bits per heavy atom. The van der Waals surface area contributed by atoms with Crippen LogP contribution in [-0.2, 0) is 19.8 Å². The zero-order chi connectivity index (χ0) is 13.8. The highest BCUT2D eigenvalue weighted by atomic mass is 32.2. The minimum absolute atomic E-state index is 0.0850. The second-order valence-corrected chi connectivity index (χ2v) is 6.24. The molecule has 1 rings (SSSR count). The summed E-state index contributed by atoms with van der Waals surface area (Å²) in [5, 5.41) is 13.4. The third-order valence-corrected chi connectivity index (χ3v) is 4.39. The van der Waals surface area contributed by atoms with E-state index >= 15 is 0 Å². The van der Waals surface area contributed by atoms with Crippen molar-refractivity contribution in [2.45, 2.75) is 0 Å². The highest BCUT2D eigenvalue weighted by Gasteiger charge is 2.26. The zero-order valence-electron chi connectivity index (χ0n) is 9.61. The third-order valence-electron chi connectivity index (χ3n) is 2.40.